The summed E-state index contributed by atoms with van der Waals surface area (Å²) in [7, 11) is 0. The first-order chi connectivity index (χ1) is 13.5. The standard InChI is InChI=1S/C21H27N3O4/c1-15(2-3-16-4-6-19(25)7-5-16)22-21(27)23-18-8-11-24(12-9-18)20(26)17-10-13-28-14-17/h4-7,10,13-15,18,25H,2-3,8-9,11-12H2,1H3,(H2,22,23,27). The van der Waals surface area contributed by atoms with E-state index in [0.717, 1.165) is 31.2 Å². The largest absolute Gasteiger partial charge is 0.508 e. The maximum atomic E-state index is 12.3. The predicted octanol–water partition coefficient (Wildman–Crippen LogP) is 2.91. The molecule has 1 unspecified atom stereocenters. The Balaban J connectivity index is 1.36. The van der Waals surface area contributed by atoms with E-state index in [2.05, 4.69) is 10.6 Å². The predicted molar refractivity (Wildman–Crippen MR) is 105 cm³/mol. The number of carbonyl (C=O) groups is 2. The first kappa shape index (κ1) is 19.8. The van der Waals surface area contributed by atoms with Crippen LogP contribution < -0.4 is 10.6 Å². The smallest absolute Gasteiger partial charge is 0.315 e. The molecular formula is C21H27N3O4. The SMILES string of the molecule is CC(CCc1ccc(O)cc1)NC(=O)NC1CCN(C(=O)c2ccoc2)CC1. The highest BCUT2D eigenvalue weighted by Gasteiger charge is 2.25. The molecule has 1 aromatic carbocycles. The van der Waals surface area contributed by atoms with Crippen LogP contribution >= 0.6 is 0 Å². The first-order valence-corrected chi connectivity index (χ1v) is 9.67. The number of likely N-dealkylation sites (tertiary alicyclic amines) is 1. The molecule has 3 rings (SSSR count). The Labute approximate surface area is 164 Å². The third kappa shape index (κ3) is 5.52. The fraction of sp³-hybridized carbons (Fsp3) is 0.429. The highest BCUT2D eigenvalue weighted by molar-refractivity contribution is 5.93. The molecule has 3 N–H and O–H groups in total. The van der Waals surface area contributed by atoms with Crippen LogP contribution in [0.1, 0.15) is 42.1 Å². The second-order valence-electron chi connectivity index (χ2n) is 7.30. The maximum Gasteiger partial charge on any atom is 0.315 e. The van der Waals surface area contributed by atoms with E-state index < -0.39 is 0 Å². The quantitative estimate of drug-likeness (QED) is 0.713. The summed E-state index contributed by atoms with van der Waals surface area (Å²) in [6, 6.07) is 8.72. The summed E-state index contributed by atoms with van der Waals surface area (Å²) in [4.78, 5) is 26.3. The Morgan fingerprint density at radius 3 is 2.57 bits per heavy atom. The zero-order valence-corrected chi connectivity index (χ0v) is 16.1. The molecule has 3 amide bonds. The lowest BCUT2D eigenvalue weighted by molar-refractivity contribution is 0.0707. The van der Waals surface area contributed by atoms with Gasteiger partial charge in [0.05, 0.1) is 11.8 Å². The van der Waals surface area contributed by atoms with E-state index >= 15 is 0 Å². The number of nitrogens with zero attached hydrogens (tertiary/aromatic N) is 1. The molecule has 1 aliphatic heterocycles. The minimum atomic E-state index is -0.169. The lowest BCUT2D eigenvalue weighted by atomic mass is 10.0. The number of rotatable bonds is 6. The summed E-state index contributed by atoms with van der Waals surface area (Å²) >= 11 is 0. The van der Waals surface area contributed by atoms with E-state index in [9.17, 15) is 14.7 Å². The number of nitrogens with one attached hydrogen (secondary N) is 2. The highest BCUT2D eigenvalue weighted by atomic mass is 16.3. The van der Waals surface area contributed by atoms with E-state index in [1.807, 2.05) is 19.1 Å². The molecule has 0 radical (unpaired) electrons. The van der Waals surface area contributed by atoms with Gasteiger partial charge in [0.2, 0.25) is 0 Å². The molecule has 2 aromatic rings. The first-order valence-electron chi connectivity index (χ1n) is 9.67. The summed E-state index contributed by atoms with van der Waals surface area (Å²) in [5, 5.41) is 15.3. The maximum absolute atomic E-state index is 12.3. The van der Waals surface area contributed by atoms with Gasteiger partial charge in [0.1, 0.15) is 12.0 Å². The van der Waals surface area contributed by atoms with Crippen molar-refractivity contribution < 1.29 is 19.1 Å². The van der Waals surface area contributed by atoms with Gasteiger partial charge in [-0.25, -0.2) is 4.79 Å². The minimum absolute atomic E-state index is 0.0282. The van der Waals surface area contributed by atoms with Gasteiger partial charge in [-0.15, -0.1) is 0 Å². The summed E-state index contributed by atoms with van der Waals surface area (Å²) in [5.74, 6) is 0.228. The summed E-state index contributed by atoms with van der Waals surface area (Å²) in [5.41, 5.74) is 1.69. The molecule has 28 heavy (non-hydrogen) atoms. The lowest BCUT2D eigenvalue weighted by Gasteiger charge is -2.32. The summed E-state index contributed by atoms with van der Waals surface area (Å²) in [6.45, 7) is 3.21. The van der Waals surface area contributed by atoms with Gasteiger partial charge in [-0.3, -0.25) is 4.79 Å². The van der Waals surface area contributed by atoms with E-state index in [1.165, 1.54) is 12.5 Å². The summed E-state index contributed by atoms with van der Waals surface area (Å²) in [6.07, 6.45) is 6.07. The van der Waals surface area contributed by atoms with Gasteiger partial charge < -0.3 is 25.1 Å². The van der Waals surface area contributed by atoms with Gasteiger partial charge in [-0.05, 0) is 56.4 Å². The van der Waals surface area contributed by atoms with Crippen molar-refractivity contribution in [3.05, 3.63) is 54.0 Å². The van der Waals surface area contributed by atoms with Crippen LogP contribution in [0.15, 0.2) is 47.3 Å². The number of hydrogen-bond acceptors (Lipinski definition) is 4. The average Bonchev–Trinajstić information content (AvgIpc) is 3.22. The zero-order chi connectivity index (χ0) is 19.9. The number of phenolic OH excluding ortho intramolecular Hbond substituents is 1. The van der Waals surface area contributed by atoms with Gasteiger partial charge in [0.15, 0.2) is 0 Å². The Morgan fingerprint density at radius 1 is 1.21 bits per heavy atom. The van der Waals surface area contributed by atoms with Crippen molar-refractivity contribution in [3.63, 3.8) is 0 Å². The lowest BCUT2D eigenvalue weighted by Crippen LogP contribution is -2.50. The molecule has 0 saturated carbocycles. The second-order valence-corrected chi connectivity index (χ2v) is 7.30. The average molecular weight is 385 g/mol. The molecule has 1 fully saturated rings. The third-order valence-corrected chi connectivity index (χ3v) is 5.07. The number of phenols is 1. The van der Waals surface area contributed by atoms with E-state index in [1.54, 1.807) is 23.1 Å². The minimum Gasteiger partial charge on any atom is -0.508 e. The number of benzene rings is 1. The van der Waals surface area contributed by atoms with E-state index in [0.29, 0.717) is 18.7 Å². The molecule has 1 aliphatic rings. The second kappa shape index (κ2) is 9.30. The Bertz CT molecular complexity index is 765. The molecule has 7 nitrogen and oxygen atoms in total. The van der Waals surface area contributed by atoms with Crippen LogP contribution in [0.3, 0.4) is 0 Å². The van der Waals surface area contributed by atoms with Crippen molar-refractivity contribution in [1.82, 2.24) is 15.5 Å². The van der Waals surface area contributed by atoms with Gasteiger partial charge in [-0.1, -0.05) is 12.1 Å². The number of aromatic hydroxyl groups is 1. The van der Waals surface area contributed by atoms with Crippen LogP contribution in [0.5, 0.6) is 5.75 Å². The summed E-state index contributed by atoms with van der Waals surface area (Å²) < 4.78 is 4.97. The van der Waals surface area contributed by atoms with Crippen molar-refractivity contribution in [2.75, 3.05) is 13.1 Å². The zero-order valence-electron chi connectivity index (χ0n) is 16.1. The molecular weight excluding hydrogens is 358 g/mol. The van der Waals surface area contributed by atoms with Gasteiger partial charge in [-0.2, -0.15) is 0 Å². The Hall–Kier alpha value is -2.96. The van der Waals surface area contributed by atoms with Gasteiger partial charge in [0.25, 0.3) is 5.91 Å². The molecule has 150 valence electrons. The van der Waals surface area contributed by atoms with Crippen LogP contribution in [0.4, 0.5) is 4.79 Å². The molecule has 0 bridgehead atoms. The third-order valence-electron chi connectivity index (χ3n) is 5.07. The number of furan rings is 1. The molecule has 1 aromatic heterocycles. The number of piperidine rings is 1. The van der Waals surface area contributed by atoms with Crippen LogP contribution in [0.25, 0.3) is 0 Å². The number of aryl methyl sites for hydroxylation is 1. The van der Waals surface area contributed by atoms with Crippen LogP contribution in [0.2, 0.25) is 0 Å². The molecule has 1 atom stereocenters. The Morgan fingerprint density at radius 2 is 1.93 bits per heavy atom. The fourth-order valence-corrected chi connectivity index (χ4v) is 3.36. The molecule has 0 aliphatic carbocycles. The van der Waals surface area contributed by atoms with Crippen molar-refractivity contribution in [3.8, 4) is 5.75 Å². The van der Waals surface area contributed by atoms with Crippen LogP contribution in [-0.2, 0) is 6.42 Å². The van der Waals surface area contributed by atoms with Gasteiger partial charge >= 0.3 is 6.03 Å². The van der Waals surface area contributed by atoms with E-state index in [4.69, 9.17) is 4.42 Å². The fourth-order valence-electron chi connectivity index (χ4n) is 3.36. The highest BCUT2D eigenvalue weighted by Crippen LogP contribution is 2.15. The molecule has 0 spiro atoms. The normalized spacial score (nSPS) is 15.8. The number of amides is 3. The number of carbonyl (C=O) groups excluding carboxylic acids is 2. The van der Waals surface area contributed by atoms with Crippen molar-refractivity contribution in [2.45, 2.75) is 44.7 Å². The number of hydrogen-bond donors (Lipinski definition) is 3. The van der Waals surface area contributed by atoms with Crippen LogP contribution in [-0.4, -0.2) is 47.1 Å². The monoisotopic (exact) mass is 385 g/mol. The number of urea groups is 1. The van der Waals surface area contributed by atoms with Gasteiger partial charge in [0, 0.05) is 25.2 Å². The van der Waals surface area contributed by atoms with Crippen molar-refractivity contribution in [2.24, 2.45) is 0 Å². The molecule has 7 heteroatoms. The molecule has 2 heterocycles. The van der Waals surface area contributed by atoms with Crippen molar-refractivity contribution >= 4 is 11.9 Å². The molecule has 1 saturated heterocycles. The van der Waals surface area contributed by atoms with Crippen molar-refractivity contribution in [1.29, 1.82) is 0 Å². The van der Waals surface area contributed by atoms with Crippen LogP contribution in [0, 0.1) is 0 Å². The topological polar surface area (TPSA) is 94.8 Å². The Kier molecular flexibility index (Phi) is 6.57. The van der Waals surface area contributed by atoms with E-state index in [-0.39, 0.29) is 29.8 Å².